The summed E-state index contributed by atoms with van der Waals surface area (Å²) in [7, 11) is 1.81. The molecule has 0 saturated carbocycles. The maximum Gasteiger partial charge on any atom is 0.251 e. The number of nitrogens with zero attached hydrogens (tertiary/aromatic N) is 3. The largest absolute Gasteiger partial charge is 0.494 e. The van der Waals surface area contributed by atoms with Crippen molar-refractivity contribution in [1.29, 1.82) is 0 Å². The van der Waals surface area contributed by atoms with E-state index >= 15 is 0 Å². The number of aryl methyl sites for hydroxylation is 1. The van der Waals surface area contributed by atoms with E-state index in [1.807, 2.05) is 38.1 Å². The minimum absolute atomic E-state index is 0.147. The van der Waals surface area contributed by atoms with Gasteiger partial charge in [-0.25, -0.2) is 0 Å². The lowest BCUT2D eigenvalue weighted by Crippen LogP contribution is -2.24. The zero-order valence-electron chi connectivity index (χ0n) is 17.7. The summed E-state index contributed by atoms with van der Waals surface area (Å²) in [4.78, 5) is 24.5. The normalized spacial score (nSPS) is 10.5. The molecule has 162 valence electrons. The van der Waals surface area contributed by atoms with Gasteiger partial charge in [0.1, 0.15) is 5.75 Å². The van der Waals surface area contributed by atoms with Crippen molar-refractivity contribution in [2.75, 3.05) is 17.7 Å². The summed E-state index contributed by atoms with van der Waals surface area (Å²) >= 11 is 1.28. The van der Waals surface area contributed by atoms with Gasteiger partial charge in [0.2, 0.25) is 5.91 Å². The first-order valence-electron chi connectivity index (χ1n) is 9.85. The van der Waals surface area contributed by atoms with Gasteiger partial charge in [-0.2, -0.15) is 0 Å². The molecule has 2 aromatic carbocycles. The van der Waals surface area contributed by atoms with Crippen molar-refractivity contribution >= 4 is 29.3 Å². The molecular weight excluding hydrogens is 414 g/mol. The minimum Gasteiger partial charge on any atom is -0.494 e. The van der Waals surface area contributed by atoms with E-state index in [2.05, 4.69) is 20.8 Å². The lowest BCUT2D eigenvalue weighted by molar-refractivity contribution is -0.113. The molecule has 0 radical (unpaired) electrons. The Bertz CT molecular complexity index is 1030. The third-order valence-corrected chi connectivity index (χ3v) is 5.45. The van der Waals surface area contributed by atoms with Crippen molar-refractivity contribution in [3.63, 3.8) is 0 Å². The molecule has 0 unspecified atom stereocenters. The van der Waals surface area contributed by atoms with Crippen LogP contribution in [-0.2, 0) is 18.4 Å². The molecule has 0 aliphatic heterocycles. The molecule has 1 heterocycles. The lowest BCUT2D eigenvalue weighted by Gasteiger charge is -2.08. The van der Waals surface area contributed by atoms with Crippen molar-refractivity contribution in [2.45, 2.75) is 25.5 Å². The average Bonchev–Trinajstić information content (AvgIpc) is 3.12. The molecular formula is C22H25N5O3S. The fraction of sp³-hybridized carbons (Fsp3) is 0.273. The monoisotopic (exact) mass is 439 g/mol. The Hall–Kier alpha value is -3.33. The van der Waals surface area contributed by atoms with Crippen LogP contribution in [0.5, 0.6) is 5.75 Å². The number of aromatic nitrogens is 3. The second-order valence-corrected chi connectivity index (χ2v) is 7.74. The molecule has 1 aromatic heterocycles. The van der Waals surface area contributed by atoms with E-state index < -0.39 is 0 Å². The highest BCUT2D eigenvalue weighted by Gasteiger charge is 2.13. The second-order valence-electron chi connectivity index (χ2n) is 6.80. The quantitative estimate of drug-likeness (QED) is 0.497. The topological polar surface area (TPSA) is 98.1 Å². The number of amides is 2. The summed E-state index contributed by atoms with van der Waals surface area (Å²) in [6.07, 6.45) is 0. The maximum atomic E-state index is 12.3. The molecule has 2 N–H and O–H groups in total. The molecule has 31 heavy (non-hydrogen) atoms. The van der Waals surface area contributed by atoms with E-state index in [1.165, 1.54) is 11.8 Å². The number of benzene rings is 2. The van der Waals surface area contributed by atoms with E-state index in [1.54, 1.807) is 35.9 Å². The predicted molar refractivity (Wildman–Crippen MR) is 120 cm³/mol. The van der Waals surface area contributed by atoms with Crippen LogP contribution in [0, 0.1) is 6.92 Å². The number of anilines is 1. The van der Waals surface area contributed by atoms with Gasteiger partial charge >= 0.3 is 0 Å². The second kappa shape index (κ2) is 10.6. The van der Waals surface area contributed by atoms with Crippen LogP contribution < -0.4 is 15.4 Å². The first kappa shape index (κ1) is 22.4. The molecule has 3 aromatic rings. The Morgan fingerprint density at radius 2 is 1.77 bits per heavy atom. The van der Waals surface area contributed by atoms with Crippen molar-refractivity contribution in [2.24, 2.45) is 7.05 Å². The molecule has 0 saturated heterocycles. The summed E-state index contributed by atoms with van der Waals surface area (Å²) in [5, 5.41) is 14.5. The van der Waals surface area contributed by atoms with Gasteiger partial charge in [0, 0.05) is 18.3 Å². The molecule has 0 atom stereocenters. The Morgan fingerprint density at radius 3 is 2.45 bits per heavy atom. The zero-order valence-corrected chi connectivity index (χ0v) is 18.5. The summed E-state index contributed by atoms with van der Waals surface area (Å²) in [5.74, 6) is 1.23. The number of hydrogen-bond acceptors (Lipinski definition) is 6. The summed E-state index contributed by atoms with van der Waals surface area (Å²) in [6.45, 7) is 4.73. The fourth-order valence-electron chi connectivity index (χ4n) is 2.72. The highest BCUT2D eigenvalue weighted by Crippen LogP contribution is 2.18. The van der Waals surface area contributed by atoms with E-state index in [9.17, 15) is 9.59 Å². The summed E-state index contributed by atoms with van der Waals surface area (Å²) in [6, 6.07) is 14.6. The fourth-order valence-corrected chi connectivity index (χ4v) is 3.45. The predicted octanol–water partition coefficient (Wildman–Crippen LogP) is 3.18. The summed E-state index contributed by atoms with van der Waals surface area (Å²) in [5.41, 5.74) is 2.39. The lowest BCUT2D eigenvalue weighted by atomic mass is 10.1. The van der Waals surface area contributed by atoms with E-state index in [0.717, 1.165) is 11.3 Å². The number of nitrogens with one attached hydrogen (secondary N) is 2. The molecule has 3 rings (SSSR count). The number of carbonyl (C=O) groups is 2. The van der Waals surface area contributed by atoms with Crippen LogP contribution in [0.15, 0.2) is 53.7 Å². The van der Waals surface area contributed by atoms with Crippen LogP contribution in [0.1, 0.15) is 28.7 Å². The van der Waals surface area contributed by atoms with Gasteiger partial charge in [0.15, 0.2) is 11.0 Å². The minimum atomic E-state index is -0.174. The molecule has 0 fully saturated rings. The molecule has 0 bridgehead atoms. The van der Waals surface area contributed by atoms with Crippen LogP contribution in [0.3, 0.4) is 0 Å². The molecule has 0 aliphatic carbocycles. The maximum absolute atomic E-state index is 12.3. The van der Waals surface area contributed by atoms with Gasteiger partial charge in [-0.05, 0) is 50.2 Å². The van der Waals surface area contributed by atoms with Gasteiger partial charge in [0.05, 0.1) is 18.9 Å². The highest BCUT2D eigenvalue weighted by molar-refractivity contribution is 7.99. The molecule has 8 nitrogen and oxygen atoms in total. The van der Waals surface area contributed by atoms with E-state index in [4.69, 9.17) is 4.74 Å². The zero-order chi connectivity index (χ0) is 22.2. The van der Waals surface area contributed by atoms with Crippen molar-refractivity contribution in [3.8, 4) is 5.75 Å². The van der Waals surface area contributed by atoms with E-state index in [0.29, 0.717) is 28.8 Å². The number of rotatable bonds is 9. The van der Waals surface area contributed by atoms with Gasteiger partial charge in [0.25, 0.3) is 5.91 Å². The molecule has 0 aliphatic rings. The highest BCUT2D eigenvalue weighted by atomic mass is 32.2. The van der Waals surface area contributed by atoms with E-state index in [-0.39, 0.29) is 24.1 Å². The first-order chi connectivity index (χ1) is 15.0. The first-order valence-corrected chi connectivity index (χ1v) is 10.8. The third kappa shape index (κ3) is 6.32. The smallest absolute Gasteiger partial charge is 0.251 e. The molecule has 0 spiro atoms. The number of carbonyl (C=O) groups excluding carboxylic acids is 2. The van der Waals surface area contributed by atoms with Gasteiger partial charge < -0.3 is 19.9 Å². The van der Waals surface area contributed by atoms with Crippen LogP contribution in [0.25, 0.3) is 0 Å². The van der Waals surface area contributed by atoms with Crippen LogP contribution in [-0.4, -0.2) is 38.9 Å². The van der Waals surface area contributed by atoms with Gasteiger partial charge in [-0.3, -0.25) is 9.59 Å². The van der Waals surface area contributed by atoms with Crippen LogP contribution in [0.4, 0.5) is 5.69 Å². The Balaban J connectivity index is 1.48. The number of ether oxygens (including phenoxy) is 1. The number of hydrogen-bond donors (Lipinski definition) is 2. The Morgan fingerprint density at radius 1 is 1.06 bits per heavy atom. The van der Waals surface area contributed by atoms with Crippen molar-refractivity contribution < 1.29 is 14.3 Å². The van der Waals surface area contributed by atoms with Crippen molar-refractivity contribution in [1.82, 2.24) is 20.1 Å². The standard InChI is InChI=1S/C22H25N5O3S/c1-4-30-18-11-9-17(10-12-18)24-20(28)14-31-22-26-25-19(27(22)3)13-23-21(29)16-7-5-15(2)6-8-16/h5-12H,4,13-14H2,1-3H3,(H,23,29)(H,24,28). The van der Waals surface area contributed by atoms with Crippen LogP contribution in [0.2, 0.25) is 0 Å². The molecule has 9 heteroatoms. The molecule has 2 amide bonds. The average molecular weight is 440 g/mol. The van der Waals surface area contributed by atoms with Gasteiger partial charge in [-0.1, -0.05) is 29.5 Å². The number of thioether (sulfide) groups is 1. The Labute approximate surface area is 185 Å². The van der Waals surface area contributed by atoms with Gasteiger partial charge in [-0.15, -0.1) is 10.2 Å². The summed E-state index contributed by atoms with van der Waals surface area (Å²) < 4.78 is 7.16. The van der Waals surface area contributed by atoms with Crippen LogP contribution >= 0.6 is 11.8 Å². The SMILES string of the molecule is CCOc1ccc(NC(=O)CSc2nnc(CNC(=O)c3ccc(C)cc3)n2C)cc1. The Kier molecular flexibility index (Phi) is 7.66. The third-order valence-electron chi connectivity index (χ3n) is 4.43. The van der Waals surface area contributed by atoms with Crippen molar-refractivity contribution in [3.05, 3.63) is 65.5 Å².